The van der Waals surface area contributed by atoms with Crippen molar-refractivity contribution < 1.29 is 27.8 Å². The van der Waals surface area contributed by atoms with Crippen LogP contribution in [-0.4, -0.2) is 29.8 Å². The minimum Gasteiger partial charge on any atom is -0.490 e. The largest absolute Gasteiger partial charge is 0.490 e. The molecule has 0 unspecified atom stereocenters. The van der Waals surface area contributed by atoms with Crippen LogP contribution in [0.15, 0.2) is 42.5 Å². The second-order valence-electron chi connectivity index (χ2n) is 6.71. The fourth-order valence-corrected chi connectivity index (χ4v) is 3.07. The van der Waals surface area contributed by atoms with Crippen molar-refractivity contribution in [3.63, 3.8) is 0 Å². The summed E-state index contributed by atoms with van der Waals surface area (Å²) < 4.78 is 43.1. The lowest BCUT2D eigenvalue weighted by Crippen LogP contribution is -2.50. The second kappa shape index (κ2) is 7.17. The molecule has 0 spiro atoms. The van der Waals surface area contributed by atoms with Crippen molar-refractivity contribution >= 4 is 11.6 Å². The van der Waals surface area contributed by atoms with E-state index in [0.717, 1.165) is 29.8 Å². The minimum absolute atomic E-state index is 0.106. The Balaban J connectivity index is 1.71. The van der Waals surface area contributed by atoms with E-state index in [9.17, 15) is 28.3 Å². The predicted octanol–water partition coefficient (Wildman–Crippen LogP) is 3.30. The first kappa shape index (κ1) is 19.7. The van der Waals surface area contributed by atoms with Gasteiger partial charge in [0.05, 0.1) is 17.2 Å². The fraction of sp³-hybridized carbons (Fsp3) is 0.300. The van der Waals surface area contributed by atoms with Crippen LogP contribution >= 0.6 is 0 Å². The van der Waals surface area contributed by atoms with Gasteiger partial charge in [-0.1, -0.05) is 6.07 Å². The summed E-state index contributed by atoms with van der Waals surface area (Å²) in [7, 11) is 0. The van der Waals surface area contributed by atoms with Crippen LogP contribution in [-0.2, 0) is 17.4 Å². The number of rotatable bonds is 4. The summed E-state index contributed by atoms with van der Waals surface area (Å²) in [6.07, 6.45) is -3.95. The first-order valence-electron chi connectivity index (χ1n) is 8.50. The first-order chi connectivity index (χ1) is 13.1. The number of carbonyl (C=O) groups is 1. The summed E-state index contributed by atoms with van der Waals surface area (Å²) in [6, 6.07) is 11.1. The molecule has 0 radical (unpaired) electrons. The highest BCUT2D eigenvalue weighted by Gasteiger charge is 2.39. The van der Waals surface area contributed by atoms with Gasteiger partial charge in [-0.3, -0.25) is 4.79 Å². The number of hydrogen-bond acceptors (Lipinski definition) is 4. The number of nitriles is 1. The van der Waals surface area contributed by atoms with E-state index in [1.807, 2.05) is 0 Å². The number of nitrogens with zero attached hydrogens (tertiary/aromatic N) is 2. The van der Waals surface area contributed by atoms with E-state index < -0.39 is 29.9 Å². The maximum absolute atomic E-state index is 12.8. The van der Waals surface area contributed by atoms with Gasteiger partial charge >= 0.3 is 6.18 Å². The average molecular weight is 390 g/mol. The van der Waals surface area contributed by atoms with E-state index in [1.54, 1.807) is 18.2 Å². The summed E-state index contributed by atoms with van der Waals surface area (Å²) in [5.74, 6) is -0.497. The Bertz CT molecular complexity index is 931. The lowest BCUT2D eigenvalue weighted by Gasteiger charge is -2.28. The summed E-state index contributed by atoms with van der Waals surface area (Å²) in [5.41, 5.74) is -0.915. The van der Waals surface area contributed by atoms with E-state index in [2.05, 4.69) is 6.07 Å². The number of hydrogen-bond donors (Lipinski definition) is 1. The molecule has 0 bridgehead atoms. The van der Waals surface area contributed by atoms with Gasteiger partial charge in [0.25, 0.3) is 5.91 Å². The Morgan fingerprint density at radius 2 is 1.93 bits per heavy atom. The number of halogens is 3. The lowest BCUT2D eigenvalue weighted by atomic mass is 10.0. The summed E-state index contributed by atoms with van der Waals surface area (Å²) in [5, 5.41) is 19.8. The Hall–Kier alpha value is -3.05. The van der Waals surface area contributed by atoms with Gasteiger partial charge in [-0.15, -0.1) is 0 Å². The Labute approximate surface area is 159 Å². The molecule has 5 nitrogen and oxygen atoms in total. The number of anilines is 1. The number of benzene rings is 2. The molecule has 0 aromatic heterocycles. The number of alkyl halides is 3. The molecule has 1 atom stereocenters. The molecule has 1 heterocycles. The molecule has 0 saturated carbocycles. The highest BCUT2D eigenvalue weighted by molar-refractivity contribution is 6.01. The Morgan fingerprint density at radius 1 is 1.25 bits per heavy atom. The fourth-order valence-electron chi connectivity index (χ4n) is 3.07. The topological polar surface area (TPSA) is 73.6 Å². The second-order valence-corrected chi connectivity index (χ2v) is 6.71. The number of amides is 1. The van der Waals surface area contributed by atoms with Crippen molar-refractivity contribution in [2.75, 3.05) is 18.1 Å². The smallest absolute Gasteiger partial charge is 0.416 e. The molecule has 1 N–H and O–H groups in total. The third-order valence-corrected chi connectivity index (χ3v) is 4.56. The van der Waals surface area contributed by atoms with Crippen molar-refractivity contribution in [2.45, 2.75) is 25.1 Å². The van der Waals surface area contributed by atoms with Crippen LogP contribution in [0.3, 0.4) is 0 Å². The zero-order valence-electron chi connectivity index (χ0n) is 15.0. The lowest BCUT2D eigenvalue weighted by molar-refractivity contribution is -0.137. The molecule has 0 saturated heterocycles. The number of ether oxygens (including phenoxy) is 1. The zero-order valence-corrected chi connectivity index (χ0v) is 15.0. The molecule has 1 aliphatic rings. The van der Waals surface area contributed by atoms with Crippen molar-refractivity contribution in [1.82, 2.24) is 0 Å². The molecule has 1 aliphatic heterocycles. The van der Waals surface area contributed by atoms with Gasteiger partial charge in [0, 0.05) is 12.2 Å². The predicted molar refractivity (Wildman–Crippen MR) is 94.8 cm³/mol. The Kier molecular flexibility index (Phi) is 5.04. The zero-order chi connectivity index (χ0) is 20.5. The standard InChI is InChI=1S/C20H17F3N2O3/c1-19(27,12-28-15-7-5-14(6-8-15)20(21,22)23)18(26)25-10-9-16-13(11-24)3-2-4-17(16)25/h2-8,27H,9-10,12H2,1H3/t19-/m0/s1. The van der Waals surface area contributed by atoms with Crippen LogP contribution in [0.2, 0.25) is 0 Å². The van der Waals surface area contributed by atoms with Crippen molar-refractivity contribution in [3.8, 4) is 11.8 Å². The van der Waals surface area contributed by atoms with E-state index >= 15 is 0 Å². The van der Waals surface area contributed by atoms with Crippen LogP contribution in [0.5, 0.6) is 5.75 Å². The van der Waals surface area contributed by atoms with Crippen LogP contribution < -0.4 is 9.64 Å². The minimum atomic E-state index is -4.45. The van der Waals surface area contributed by atoms with Gasteiger partial charge in [0.15, 0.2) is 5.60 Å². The van der Waals surface area contributed by atoms with Gasteiger partial charge in [0.2, 0.25) is 0 Å². The van der Waals surface area contributed by atoms with Gasteiger partial charge in [0.1, 0.15) is 12.4 Å². The number of carbonyl (C=O) groups excluding carboxylic acids is 1. The molecule has 0 aliphatic carbocycles. The van der Waals surface area contributed by atoms with Crippen LogP contribution in [0.25, 0.3) is 0 Å². The van der Waals surface area contributed by atoms with Crippen LogP contribution in [0.4, 0.5) is 18.9 Å². The molecule has 2 aromatic carbocycles. The number of fused-ring (bicyclic) bond motifs is 1. The molecule has 28 heavy (non-hydrogen) atoms. The summed E-state index contributed by atoms with van der Waals surface area (Å²) in [6.45, 7) is 1.18. The van der Waals surface area contributed by atoms with E-state index in [0.29, 0.717) is 24.2 Å². The quantitative estimate of drug-likeness (QED) is 0.870. The van der Waals surface area contributed by atoms with Crippen molar-refractivity contribution in [2.24, 2.45) is 0 Å². The number of aliphatic hydroxyl groups is 1. The van der Waals surface area contributed by atoms with Gasteiger partial charge < -0.3 is 14.7 Å². The normalized spacial score (nSPS) is 15.5. The maximum Gasteiger partial charge on any atom is 0.416 e. The monoisotopic (exact) mass is 390 g/mol. The maximum atomic E-state index is 12.8. The molecular weight excluding hydrogens is 373 g/mol. The van der Waals surface area contributed by atoms with Crippen LogP contribution in [0.1, 0.15) is 23.6 Å². The summed E-state index contributed by atoms with van der Waals surface area (Å²) >= 11 is 0. The molecule has 0 fully saturated rings. The average Bonchev–Trinajstić information content (AvgIpc) is 3.09. The SMILES string of the molecule is C[C@](O)(COc1ccc(C(F)(F)F)cc1)C(=O)N1CCc2c(C#N)cccc21. The van der Waals surface area contributed by atoms with Gasteiger partial charge in [-0.2, -0.15) is 18.4 Å². The molecule has 3 rings (SSSR count). The molecule has 1 amide bonds. The van der Waals surface area contributed by atoms with E-state index in [1.165, 1.54) is 11.8 Å². The molecular formula is C20H17F3N2O3. The van der Waals surface area contributed by atoms with Gasteiger partial charge in [-0.25, -0.2) is 0 Å². The van der Waals surface area contributed by atoms with E-state index in [4.69, 9.17) is 4.74 Å². The first-order valence-corrected chi connectivity index (χ1v) is 8.50. The highest BCUT2D eigenvalue weighted by Crippen LogP contribution is 2.33. The third-order valence-electron chi connectivity index (χ3n) is 4.56. The Morgan fingerprint density at radius 3 is 2.54 bits per heavy atom. The molecule has 146 valence electrons. The van der Waals surface area contributed by atoms with Crippen LogP contribution in [0, 0.1) is 11.3 Å². The highest BCUT2D eigenvalue weighted by atomic mass is 19.4. The third kappa shape index (κ3) is 3.80. The van der Waals surface area contributed by atoms with E-state index in [-0.39, 0.29) is 5.75 Å². The molecule has 8 heteroatoms. The summed E-state index contributed by atoms with van der Waals surface area (Å²) in [4.78, 5) is 14.2. The van der Waals surface area contributed by atoms with Gasteiger partial charge in [-0.05, 0) is 55.3 Å². The van der Waals surface area contributed by atoms with Crippen molar-refractivity contribution in [3.05, 3.63) is 59.2 Å². The molecule has 2 aromatic rings. The van der Waals surface area contributed by atoms with Crippen molar-refractivity contribution in [1.29, 1.82) is 5.26 Å².